The van der Waals surface area contributed by atoms with E-state index < -0.39 is 0 Å². The number of likely N-dealkylation sites (N-methyl/N-ethyl adjacent to an activating group) is 2. The lowest BCUT2D eigenvalue weighted by Crippen LogP contribution is -2.31. The van der Waals surface area contributed by atoms with Gasteiger partial charge in [0.05, 0.1) is 40.5 Å². The van der Waals surface area contributed by atoms with E-state index in [1.54, 1.807) is 4.52 Å². The summed E-state index contributed by atoms with van der Waals surface area (Å²) in [4.78, 5) is 39.4. The van der Waals surface area contributed by atoms with Crippen molar-refractivity contribution < 1.29 is 4.79 Å². The van der Waals surface area contributed by atoms with E-state index in [0.29, 0.717) is 29.0 Å². The summed E-state index contributed by atoms with van der Waals surface area (Å²) >= 11 is 0. The Labute approximate surface area is 179 Å². The molecule has 0 bridgehead atoms. The van der Waals surface area contributed by atoms with Gasteiger partial charge in [0.1, 0.15) is 12.0 Å². The van der Waals surface area contributed by atoms with Crippen LogP contribution in [0.4, 0.5) is 5.69 Å². The summed E-state index contributed by atoms with van der Waals surface area (Å²) in [7, 11) is 3.86. The molecule has 0 amide bonds. The number of hydrogen-bond acceptors (Lipinski definition) is 7. The monoisotopic (exact) mass is 419 g/mol. The molecule has 4 aromatic rings. The van der Waals surface area contributed by atoms with Crippen LogP contribution in [-0.2, 0) is 4.79 Å². The number of aryl methyl sites for hydroxylation is 2. The third kappa shape index (κ3) is 4.17. The zero-order valence-electron chi connectivity index (χ0n) is 18.1. The number of H-pyrrole nitrogens is 1. The van der Waals surface area contributed by atoms with Gasteiger partial charge < -0.3 is 14.7 Å². The molecule has 1 aromatic carbocycles. The lowest BCUT2D eigenvalue weighted by molar-refractivity contribution is -0.108. The summed E-state index contributed by atoms with van der Waals surface area (Å²) in [6.45, 7) is 5.71. The molecule has 0 atom stereocenters. The number of nitrogens with zero attached hydrogens (tertiary/aromatic N) is 6. The maximum Gasteiger partial charge on any atom is 0.259 e. The maximum absolute atomic E-state index is 12.8. The Morgan fingerprint density at radius 2 is 1.94 bits per heavy atom. The normalized spacial score (nSPS) is 11.5. The summed E-state index contributed by atoms with van der Waals surface area (Å²) < 4.78 is 1.76. The van der Waals surface area contributed by atoms with Crippen LogP contribution in [0.1, 0.15) is 11.4 Å². The number of rotatable bonds is 7. The van der Waals surface area contributed by atoms with Gasteiger partial charge in [-0.3, -0.25) is 14.7 Å². The highest BCUT2D eigenvalue weighted by Crippen LogP contribution is 2.22. The smallest absolute Gasteiger partial charge is 0.259 e. The molecule has 31 heavy (non-hydrogen) atoms. The number of carbonyl (C=O) groups excluding carboxylic acids is 1. The van der Waals surface area contributed by atoms with E-state index in [9.17, 15) is 9.59 Å². The molecule has 3 aromatic heterocycles. The molecule has 1 N–H and O–H groups in total. The van der Waals surface area contributed by atoms with Crippen molar-refractivity contribution >= 4 is 28.4 Å². The largest absolute Gasteiger partial charge is 0.373 e. The van der Waals surface area contributed by atoms with Gasteiger partial charge in [0, 0.05) is 25.8 Å². The Morgan fingerprint density at radius 3 is 2.71 bits per heavy atom. The Balaban J connectivity index is 1.65. The number of carbonyl (C=O) groups is 1. The van der Waals surface area contributed by atoms with Crippen LogP contribution in [0.15, 0.2) is 35.3 Å². The Bertz CT molecular complexity index is 1320. The predicted octanol–water partition coefficient (Wildman–Crippen LogP) is 1.82. The molecular weight excluding hydrogens is 394 g/mol. The summed E-state index contributed by atoms with van der Waals surface area (Å²) in [5.41, 5.74) is 4.51. The quantitative estimate of drug-likeness (QED) is 0.456. The van der Waals surface area contributed by atoms with Gasteiger partial charge in [-0.15, -0.1) is 0 Å². The van der Waals surface area contributed by atoms with Crippen molar-refractivity contribution in [1.82, 2.24) is 29.5 Å². The van der Waals surface area contributed by atoms with Crippen molar-refractivity contribution in [3.63, 3.8) is 0 Å². The lowest BCUT2D eigenvalue weighted by atomic mass is 10.2. The van der Waals surface area contributed by atoms with Gasteiger partial charge in [-0.2, -0.15) is 5.10 Å². The molecule has 0 saturated heterocycles. The number of nitrogens with one attached hydrogen (secondary N) is 1. The molecule has 0 aliphatic heterocycles. The third-order valence-corrected chi connectivity index (χ3v) is 5.34. The van der Waals surface area contributed by atoms with E-state index in [2.05, 4.69) is 20.1 Å². The molecule has 0 radical (unpaired) electrons. The van der Waals surface area contributed by atoms with Gasteiger partial charge in [0.25, 0.3) is 5.56 Å². The van der Waals surface area contributed by atoms with Crippen LogP contribution in [0.25, 0.3) is 27.9 Å². The fraction of sp³-hybridized carbons (Fsp3) is 0.318. The number of hydrogen-bond donors (Lipinski definition) is 1. The lowest BCUT2D eigenvalue weighted by Gasteiger charge is -2.22. The zero-order chi connectivity index (χ0) is 22.1. The molecule has 9 heteroatoms. The number of fused-ring (bicyclic) bond motifs is 2. The van der Waals surface area contributed by atoms with Gasteiger partial charge >= 0.3 is 0 Å². The van der Waals surface area contributed by atoms with Gasteiger partial charge in [0.15, 0.2) is 5.82 Å². The fourth-order valence-corrected chi connectivity index (χ4v) is 3.56. The van der Waals surface area contributed by atoms with Crippen molar-refractivity contribution in [1.29, 1.82) is 0 Å². The number of benzene rings is 1. The molecule has 0 unspecified atom stereocenters. The molecule has 9 nitrogen and oxygen atoms in total. The highest BCUT2D eigenvalue weighted by Gasteiger charge is 2.13. The van der Waals surface area contributed by atoms with Crippen LogP contribution in [0.2, 0.25) is 0 Å². The highest BCUT2D eigenvalue weighted by molar-refractivity contribution is 5.83. The second-order valence-corrected chi connectivity index (χ2v) is 7.79. The van der Waals surface area contributed by atoms with Crippen molar-refractivity contribution in [2.45, 2.75) is 13.8 Å². The average molecular weight is 419 g/mol. The van der Waals surface area contributed by atoms with Gasteiger partial charge in [-0.05, 0) is 45.2 Å². The summed E-state index contributed by atoms with van der Waals surface area (Å²) in [6.07, 6.45) is 2.74. The van der Waals surface area contributed by atoms with E-state index in [4.69, 9.17) is 0 Å². The predicted molar refractivity (Wildman–Crippen MR) is 121 cm³/mol. The SMILES string of the molecule is Cc1cn2nc(-c3nc4ccc(N(C)CCN(C)CC=O)cc4c(=O)[nH]3)cc2c(C)n1. The molecule has 0 spiro atoms. The van der Waals surface area contributed by atoms with Crippen molar-refractivity contribution in [2.24, 2.45) is 0 Å². The number of anilines is 1. The van der Waals surface area contributed by atoms with Gasteiger partial charge in [0.2, 0.25) is 0 Å². The molecule has 4 rings (SSSR count). The summed E-state index contributed by atoms with van der Waals surface area (Å²) in [5.74, 6) is 0.426. The van der Waals surface area contributed by atoms with Crippen LogP contribution in [0, 0.1) is 13.8 Å². The molecule has 160 valence electrons. The van der Waals surface area contributed by atoms with E-state index in [0.717, 1.165) is 42.0 Å². The molecule has 0 saturated carbocycles. The van der Waals surface area contributed by atoms with Crippen molar-refractivity contribution in [2.75, 3.05) is 38.6 Å². The van der Waals surface area contributed by atoms with Crippen LogP contribution in [-0.4, -0.2) is 69.5 Å². The summed E-state index contributed by atoms with van der Waals surface area (Å²) in [5, 5.41) is 5.08. The van der Waals surface area contributed by atoms with Crippen molar-refractivity contribution in [3.05, 3.63) is 52.2 Å². The molecular formula is C22H25N7O2. The second kappa shape index (κ2) is 8.27. The topological polar surface area (TPSA) is 99.5 Å². The van der Waals surface area contributed by atoms with E-state index in [1.165, 1.54) is 0 Å². The minimum atomic E-state index is -0.212. The molecule has 3 heterocycles. The first-order chi connectivity index (χ1) is 14.9. The number of aromatic amines is 1. The Morgan fingerprint density at radius 1 is 1.13 bits per heavy atom. The standard InChI is InChI=1S/C22H25N7O2/c1-14-13-29-20(15(2)23-14)12-19(26-29)21-24-18-6-5-16(11-17(18)22(31)25-21)28(4)8-7-27(3)9-10-30/h5-6,10-13H,7-9H2,1-4H3,(H,24,25,31). The third-order valence-electron chi connectivity index (χ3n) is 5.34. The highest BCUT2D eigenvalue weighted by atomic mass is 16.1. The van der Waals surface area contributed by atoms with Gasteiger partial charge in [-0.1, -0.05) is 0 Å². The molecule has 0 aliphatic carbocycles. The minimum Gasteiger partial charge on any atom is -0.373 e. The van der Waals surface area contributed by atoms with Gasteiger partial charge in [-0.25, -0.2) is 9.50 Å². The van der Waals surface area contributed by atoms with Crippen LogP contribution < -0.4 is 10.5 Å². The number of aromatic nitrogens is 5. The van der Waals surface area contributed by atoms with Crippen molar-refractivity contribution in [3.8, 4) is 11.5 Å². The van der Waals surface area contributed by atoms with E-state index in [1.807, 2.05) is 68.2 Å². The maximum atomic E-state index is 12.8. The zero-order valence-corrected chi connectivity index (χ0v) is 18.1. The first-order valence-electron chi connectivity index (χ1n) is 10.1. The molecule has 0 fully saturated rings. The Hall–Kier alpha value is -3.59. The first-order valence-corrected chi connectivity index (χ1v) is 10.1. The Kier molecular flexibility index (Phi) is 5.51. The fourth-order valence-electron chi connectivity index (χ4n) is 3.56. The van der Waals surface area contributed by atoms with E-state index >= 15 is 0 Å². The van der Waals surface area contributed by atoms with Crippen LogP contribution in [0.5, 0.6) is 0 Å². The molecule has 0 aliphatic rings. The second-order valence-electron chi connectivity index (χ2n) is 7.79. The minimum absolute atomic E-state index is 0.212. The number of aldehydes is 1. The average Bonchev–Trinajstić information content (AvgIpc) is 3.16. The van der Waals surface area contributed by atoms with Crippen LogP contribution in [0.3, 0.4) is 0 Å². The van der Waals surface area contributed by atoms with E-state index in [-0.39, 0.29) is 5.56 Å². The van der Waals surface area contributed by atoms with Crippen LogP contribution >= 0.6 is 0 Å². The summed E-state index contributed by atoms with van der Waals surface area (Å²) in [6, 6.07) is 7.51. The first kappa shape index (κ1) is 20.7.